The van der Waals surface area contributed by atoms with Gasteiger partial charge in [0.05, 0.1) is 18.4 Å². The van der Waals surface area contributed by atoms with E-state index in [1.165, 1.54) is 4.90 Å². The van der Waals surface area contributed by atoms with E-state index in [1.54, 1.807) is 38.7 Å². The fourth-order valence-corrected chi connectivity index (χ4v) is 1.47. The van der Waals surface area contributed by atoms with Gasteiger partial charge in [-0.15, -0.1) is 0 Å². The summed E-state index contributed by atoms with van der Waals surface area (Å²) in [5, 5.41) is 3.11. The van der Waals surface area contributed by atoms with Gasteiger partial charge in [0.1, 0.15) is 11.6 Å². The molecule has 2 heterocycles. The largest absolute Gasteiger partial charge is 0.467 e. The quantitative estimate of drug-likeness (QED) is 0.895. The zero-order valence-corrected chi connectivity index (χ0v) is 10.4. The Hall–Kier alpha value is -2.30. The van der Waals surface area contributed by atoms with Crippen molar-refractivity contribution in [2.24, 2.45) is 0 Å². The number of pyridine rings is 1. The molecule has 0 saturated heterocycles. The Bertz CT molecular complexity index is 504. The molecular formula is C13H15N3O2. The van der Waals surface area contributed by atoms with Crippen molar-refractivity contribution in [2.75, 3.05) is 19.4 Å². The fraction of sp³-hybridized carbons (Fsp3) is 0.231. The normalized spacial score (nSPS) is 10.1. The Balaban J connectivity index is 1.97. The second-order valence-corrected chi connectivity index (χ2v) is 4.06. The van der Waals surface area contributed by atoms with Gasteiger partial charge in [0.2, 0.25) is 0 Å². The van der Waals surface area contributed by atoms with E-state index in [2.05, 4.69) is 10.3 Å². The van der Waals surface area contributed by atoms with E-state index in [9.17, 15) is 4.79 Å². The lowest BCUT2D eigenvalue weighted by atomic mass is 10.2. The predicted octanol–water partition coefficient (Wildman–Crippen LogP) is 1.99. The van der Waals surface area contributed by atoms with Crippen LogP contribution in [-0.2, 0) is 6.54 Å². The smallest absolute Gasteiger partial charge is 0.254 e. The standard InChI is InChI=1S/C13H15N3O2/c1-16(2)13(17)10-5-6-12(14-8-10)15-9-11-4-3-7-18-11/h3-8H,9H2,1-2H3,(H,14,15). The summed E-state index contributed by atoms with van der Waals surface area (Å²) in [6, 6.07) is 7.25. The number of amides is 1. The first-order chi connectivity index (χ1) is 8.66. The van der Waals surface area contributed by atoms with E-state index >= 15 is 0 Å². The van der Waals surface area contributed by atoms with Crippen LogP contribution in [0, 0.1) is 0 Å². The maximum Gasteiger partial charge on any atom is 0.254 e. The molecule has 0 spiro atoms. The molecule has 0 unspecified atom stereocenters. The number of aromatic nitrogens is 1. The summed E-state index contributed by atoms with van der Waals surface area (Å²) in [5.41, 5.74) is 0.573. The van der Waals surface area contributed by atoms with Crippen LogP contribution in [0.2, 0.25) is 0 Å². The van der Waals surface area contributed by atoms with Crippen LogP contribution in [-0.4, -0.2) is 29.9 Å². The SMILES string of the molecule is CN(C)C(=O)c1ccc(NCc2ccco2)nc1. The molecule has 0 fully saturated rings. The zero-order chi connectivity index (χ0) is 13.0. The molecule has 18 heavy (non-hydrogen) atoms. The molecule has 0 aromatic carbocycles. The van der Waals surface area contributed by atoms with Crippen molar-refractivity contribution in [3.05, 3.63) is 48.0 Å². The molecular weight excluding hydrogens is 230 g/mol. The second kappa shape index (κ2) is 5.35. The summed E-state index contributed by atoms with van der Waals surface area (Å²) >= 11 is 0. The number of carbonyl (C=O) groups excluding carboxylic acids is 1. The van der Waals surface area contributed by atoms with Crippen molar-refractivity contribution in [3.63, 3.8) is 0 Å². The third-order valence-corrected chi connectivity index (χ3v) is 2.44. The Morgan fingerprint density at radius 2 is 2.22 bits per heavy atom. The molecule has 0 radical (unpaired) electrons. The van der Waals surface area contributed by atoms with Crippen LogP contribution in [0.5, 0.6) is 0 Å². The molecule has 5 heteroatoms. The summed E-state index contributed by atoms with van der Waals surface area (Å²) in [6.07, 6.45) is 3.19. The number of hydrogen-bond acceptors (Lipinski definition) is 4. The molecule has 2 aromatic heterocycles. The van der Waals surface area contributed by atoms with Gasteiger partial charge in [0, 0.05) is 20.3 Å². The van der Waals surface area contributed by atoms with Gasteiger partial charge in [-0.05, 0) is 24.3 Å². The van der Waals surface area contributed by atoms with E-state index < -0.39 is 0 Å². The highest BCUT2D eigenvalue weighted by atomic mass is 16.3. The Morgan fingerprint density at radius 1 is 1.39 bits per heavy atom. The van der Waals surface area contributed by atoms with Crippen molar-refractivity contribution >= 4 is 11.7 Å². The third-order valence-electron chi connectivity index (χ3n) is 2.44. The minimum atomic E-state index is -0.0555. The monoisotopic (exact) mass is 245 g/mol. The first-order valence-electron chi connectivity index (χ1n) is 5.61. The number of rotatable bonds is 4. The number of anilines is 1. The van der Waals surface area contributed by atoms with Crippen LogP contribution in [0.25, 0.3) is 0 Å². The Morgan fingerprint density at radius 3 is 2.78 bits per heavy atom. The summed E-state index contributed by atoms with van der Waals surface area (Å²) in [7, 11) is 3.43. The summed E-state index contributed by atoms with van der Waals surface area (Å²) in [6.45, 7) is 0.570. The number of nitrogens with one attached hydrogen (secondary N) is 1. The maximum absolute atomic E-state index is 11.7. The minimum absolute atomic E-state index is 0.0555. The Labute approximate surface area is 105 Å². The molecule has 1 amide bonds. The average molecular weight is 245 g/mol. The van der Waals surface area contributed by atoms with Gasteiger partial charge in [0.25, 0.3) is 5.91 Å². The fourth-order valence-electron chi connectivity index (χ4n) is 1.47. The molecule has 0 saturated carbocycles. The van der Waals surface area contributed by atoms with E-state index in [1.807, 2.05) is 12.1 Å². The molecule has 0 atom stereocenters. The van der Waals surface area contributed by atoms with Crippen LogP contribution in [0.4, 0.5) is 5.82 Å². The first-order valence-corrected chi connectivity index (χ1v) is 5.61. The van der Waals surface area contributed by atoms with E-state index in [0.717, 1.165) is 5.76 Å². The highest BCUT2D eigenvalue weighted by molar-refractivity contribution is 5.93. The number of hydrogen-bond donors (Lipinski definition) is 1. The van der Waals surface area contributed by atoms with Gasteiger partial charge < -0.3 is 14.6 Å². The highest BCUT2D eigenvalue weighted by Crippen LogP contribution is 2.09. The van der Waals surface area contributed by atoms with Gasteiger partial charge in [0.15, 0.2) is 0 Å². The lowest BCUT2D eigenvalue weighted by Gasteiger charge is -2.10. The molecule has 0 aliphatic heterocycles. The summed E-state index contributed by atoms with van der Waals surface area (Å²) in [4.78, 5) is 17.4. The van der Waals surface area contributed by atoms with Crippen molar-refractivity contribution < 1.29 is 9.21 Å². The van der Waals surface area contributed by atoms with Crippen LogP contribution in [0.1, 0.15) is 16.1 Å². The van der Waals surface area contributed by atoms with E-state index in [0.29, 0.717) is 17.9 Å². The molecule has 1 N–H and O–H groups in total. The molecule has 5 nitrogen and oxygen atoms in total. The number of nitrogens with zero attached hydrogens (tertiary/aromatic N) is 2. The van der Waals surface area contributed by atoms with Gasteiger partial charge in [-0.25, -0.2) is 4.98 Å². The van der Waals surface area contributed by atoms with Gasteiger partial charge in [-0.3, -0.25) is 4.79 Å². The third kappa shape index (κ3) is 2.88. The van der Waals surface area contributed by atoms with Crippen molar-refractivity contribution in [1.82, 2.24) is 9.88 Å². The minimum Gasteiger partial charge on any atom is -0.467 e. The molecule has 0 bridgehead atoms. The number of furan rings is 1. The average Bonchev–Trinajstić information content (AvgIpc) is 2.89. The van der Waals surface area contributed by atoms with Gasteiger partial charge in [-0.1, -0.05) is 0 Å². The molecule has 2 aromatic rings. The zero-order valence-electron chi connectivity index (χ0n) is 10.4. The highest BCUT2D eigenvalue weighted by Gasteiger charge is 2.07. The maximum atomic E-state index is 11.7. The van der Waals surface area contributed by atoms with Gasteiger partial charge >= 0.3 is 0 Å². The Kier molecular flexibility index (Phi) is 3.62. The summed E-state index contributed by atoms with van der Waals surface area (Å²) in [5.74, 6) is 1.49. The molecule has 94 valence electrons. The summed E-state index contributed by atoms with van der Waals surface area (Å²) < 4.78 is 5.20. The van der Waals surface area contributed by atoms with Crippen molar-refractivity contribution in [3.8, 4) is 0 Å². The van der Waals surface area contributed by atoms with E-state index in [4.69, 9.17) is 4.42 Å². The molecule has 0 aliphatic carbocycles. The molecule has 0 aliphatic rings. The second-order valence-electron chi connectivity index (χ2n) is 4.06. The van der Waals surface area contributed by atoms with Crippen molar-refractivity contribution in [2.45, 2.75) is 6.54 Å². The van der Waals surface area contributed by atoms with E-state index in [-0.39, 0.29) is 5.91 Å². The predicted molar refractivity (Wildman–Crippen MR) is 68.3 cm³/mol. The van der Waals surface area contributed by atoms with Crippen molar-refractivity contribution in [1.29, 1.82) is 0 Å². The number of carbonyl (C=O) groups is 1. The topological polar surface area (TPSA) is 58.4 Å². The van der Waals surface area contributed by atoms with Crippen LogP contribution < -0.4 is 5.32 Å². The van der Waals surface area contributed by atoms with Crippen LogP contribution >= 0.6 is 0 Å². The molecule has 2 rings (SSSR count). The lowest BCUT2D eigenvalue weighted by Crippen LogP contribution is -2.21. The first kappa shape index (κ1) is 12.2. The van der Waals surface area contributed by atoms with Crippen LogP contribution in [0.3, 0.4) is 0 Å². The van der Waals surface area contributed by atoms with Crippen LogP contribution in [0.15, 0.2) is 41.1 Å². The lowest BCUT2D eigenvalue weighted by molar-refractivity contribution is 0.0827. The van der Waals surface area contributed by atoms with Gasteiger partial charge in [-0.2, -0.15) is 0 Å².